The molecule has 1 atom stereocenters. The molecular formula is C21H27N5O2. The van der Waals surface area contributed by atoms with Gasteiger partial charge in [0.1, 0.15) is 11.4 Å². The van der Waals surface area contributed by atoms with Gasteiger partial charge in [0, 0.05) is 19.2 Å². The quantitative estimate of drug-likeness (QED) is 0.844. The molecule has 3 N–H and O–H groups in total. The first-order chi connectivity index (χ1) is 13.3. The molecule has 0 radical (unpaired) electrons. The Labute approximate surface area is 165 Å². The van der Waals surface area contributed by atoms with Crippen molar-refractivity contribution in [3.63, 3.8) is 0 Å². The van der Waals surface area contributed by atoms with Gasteiger partial charge in [-0.2, -0.15) is 4.98 Å². The summed E-state index contributed by atoms with van der Waals surface area (Å²) in [5.74, 6) is 0.988. The van der Waals surface area contributed by atoms with E-state index in [0.717, 1.165) is 30.0 Å². The fourth-order valence-electron chi connectivity index (χ4n) is 3.02. The van der Waals surface area contributed by atoms with Crippen molar-refractivity contribution in [3.05, 3.63) is 47.7 Å². The van der Waals surface area contributed by atoms with Crippen molar-refractivity contribution in [2.24, 2.45) is 0 Å². The van der Waals surface area contributed by atoms with Crippen molar-refractivity contribution >= 4 is 30.0 Å². The van der Waals surface area contributed by atoms with Gasteiger partial charge in [0.25, 0.3) is 0 Å². The number of nitrogens with two attached hydrogens (primary N) is 1. The predicted octanol–water partition coefficient (Wildman–Crippen LogP) is 3.33. The lowest BCUT2D eigenvalue weighted by Crippen LogP contribution is -2.40. The molecule has 1 unspecified atom stereocenters. The van der Waals surface area contributed by atoms with Crippen LogP contribution in [0.1, 0.15) is 38.4 Å². The van der Waals surface area contributed by atoms with Gasteiger partial charge in [0.2, 0.25) is 5.95 Å². The fourth-order valence-corrected chi connectivity index (χ4v) is 3.02. The van der Waals surface area contributed by atoms with E-state index in [9.17, 15) is 4.79 Å². The number of carbonyl (C=O) groups is 1. The van der Waals surface area contributed by atoms with Crippen molar-refractivity contribution < 1.29 is 9.53 Å². The molecule has 2 heterocycles. The van der Waals surface area contributed by atoms with Crippen LogP contribution < -0.4 is 16.0 Å². The van der Waals surface area contributed by atoms with Gasteiger partial charge in [0.15, 0.2) is 0 Å². The summed E-state index contributed by atoms with van der Waals surface area (Å²) in [6.07, 6.45) is 4.33. The lowest BCUT2D eigenvalue weighted by Gasteiger charge is -2.22. The molecule has 7 nitrogen and oxygen atoms in total. The normalized spacial score (nSPS) is 17.1. The van der Waals surface area contributed by atoms with Crippen molar-refractivity contribution in [2.75, 3.05) is 23.7 Å². The monoisotopic (exact) mass is 381 g/mol. The number of carbonyl (C=O) groups excluding carboxylic acids is 1. The summed E-state index contributed by atoms with van der Waals surface area (Å²) in [7, 11) is 0. The number of hydrogen-bond acceptors (Lipinski definition) is 6. The number of ether oxygens (including phenoxy) is 1. The lowest BCUT2D eigenvalue weighted by atomic mass is 10.2. The van der Waals surface area contributed by atoms with E-state index in [-0.39, 0.29) is 12.0 Å². The minimum Gasteiger partial charge on any atom is -0.444 e. The predicted molar refractivity (Wildman–Crippen MR) is 112 cm³/mol. The number of anilines is 2. The summed E-state index contributed by atoms with van der Waals surface area (Å²) in [5.41, 5.74) is 7.23. The van der Waals surface area contributed by atoms with Crippen molar-refractivity contribution in [3.8, 4) is 0 Å². The van der Waals surface area contributed by atoms with E-state index in [1.54, 1.807) is 0 Å². The van der Waals surface area contributed by atoms with Crippen LogP contribution in [0.25, 0.3) is 12.2 Å². The fraction of sp³-hybridized carbons (Fsp3) is 0.381. The standard InChI is InChI=1S/C21H27N5O2/c1-21(2,3)28-20(27)24-17-11-12-26(14-17)18-13-16(23-19(22)25-18)10-9-15-7-5-4-6-8-15/h4-10,13,17H,11-12,14H2,1-3H3,(H,24,27)(H2,22,23,25)/b10-9+. The molecule has 1 saturated heterocycles. The Morgan fingerprint density at radius 1 is 1.25 bits per heavy atom. The maximum atomic E-state index is 12.0. The average Bonchev–Trinajstić information content (AvgIpc) is 3.07. The Morgan fingerprint density at radius 2 is 2.00 bits per heavy atom. The molecule has 148 valence electrons. The van der Waals surface area contributed by atoms with Gasteiger partial charge in [0.05, 0.1) is 11.7 Å². The van der Waals surface area contributed by atoms with Gasteiger partial charge in [-0.3, -0.25) is 0 Å². The number of amides is 1. The van der Waals surface area contributed by atoms with Gasteiger partial charge in [-0.1, -0.05) is 36.4 Å². The molecule has 1 aromatic carbocycles. The van der Waals surface area contributed by atoms with E-state index in [2.05, 4.69) is 20.2 Å². The summed E-state index contributed by atoms with van der Waals surface area (Å²) >= 11 is 0. The van der Waals surface area contributed by atoms with Gasteiger partial charge < -0.3 is 20.7 Å². The smallest absolute Gasteiger partial charge is 0.407 e. The Morgan fingerprint density at radius 3 is 2.71 bits per heavy atom. The van der Waals surface area contributed by atoms with E-state index >= 15 is 0 Å². The number of nitrogens with zero attached hydrogens (tertiary/aromatic N) is 3. The molecule has 28 heavy (non-hydrogen) atoms. The molecule has 1 fully saturated rings. The molecule has 0 spiro atoms. The van der Waals surface area contributed by atoms with Gasteiger partial charge in [-0.15, -0.1) is 0 Å². The summed E-state index contributed by atoms with van der Waals surface area (Å²) in [6.45, 7) is 6.97. The van der Waals surface area contributed by atoms with E-state index in [0.29, 0.717) is 6.54 Å². The highest BCUT2D eigenvalue weighted by Crippen LogP contribution is 2.21. The van der Waals surface area contributed by atoms with E-state index in [4.69, 9.17) is 10.5 Å². The maximum Gasteiger partial charge on any atom is 0.407 e. The van der Waals surface area contributed by atoms with Crippen LogP contribution in [0.2, 0.25) is 0 Å². The molecule has 1 aliphatic heterocycles. The summed E-state index contributed by atoms with van der Waals surface area (Å²) < 4.78 is 5.33. The highest BCUT2D eigenvalue weighted by atomic mass is 16.6. The maximum absolute atomic E-state index is 12.0. The summed E-state index contributed by atoms with van der Waals surface area (Å²) in [5, 5.41) is 2.92. The first-order valence-electron chi connectivity index (χ1n) is 9.41. The SMILES string of the molecule is CC(C)(C)OC(=O)NC1CCN(c2cc(/C=C/c3ccccc3)nc(N)n2)C1. The summed E-state index contributed by atoms with van der Waals surface area (Å²) in [6, 6.07) is 11.9. The highest BCUT2D eigenvalue weighted by Gasteiger charge is 2.27. The molecule has 7 heteroatoms. The highest BCUT2D eigenvalue weighted by molar-refractivity contribution is 5.70. The largest absolute Gasteiger partial charge is 0.444 e. The molecule has 0 bridgehead atoms. The topological polar surface area (TPSA) is 93.4 Å². The van der Waals surface area contributed by atoms with Crippen molar-refractivity contribution in [1.82, 2.24) is 15.3 Å². The van der Waals surface area contributed by atoms with Crippen LogP contribution >= 0.6 is 0 Å². The number of aromatic nitrogens is 2. The Kier molecular flexibility index (Phi) is 5.82. The molecule has 0 saturated carbocycles. The number of hydrogen-bond donors (Lipinski definition) is 2. The van der Waals surface area contributed by atoms with Crippen LogP contribution in [-0.2, 0) is 4.74 Å². The first kappa shape index (κ1) is 19.7. The number of alkyl carbamates (subject to hydrolysis) is 1. The second-order valence-electron chi connectivity index (χ2n) is 7.83. The third-order valence-corrected chi connectivity index (χ3v) is 4.23. The summed E-state index contributed by atoms with van der Waals surface area (Å²) in [4.78, 5) is 22.7. The zero-order chi connectivity index (χ0) is 20.1. The third kappa shape index (κ3) is 5.70. The molecule has 1 aromatic heterocycles. The third-order valence-electron chi connectivity index (χ3n) is 4.23. The number of rotatable bonds is 4. The van der Waals surface area contributed by atoms with E-state index in [1.807, 2.05) is 69.3 Å². The lowest BCUT2D eigenvalue weighted by molar-refractivity contribution is 0.0509. The number of benzene rings is 1. The molecule has 1 aliphatic rings. The van der Waals surface area contributed by atoms with Crippen LogP contribution in [0.15, 0.2) is 36.4 Å². The van der Waals surface area contributed by atoms with Gasteiger partial charge in [-0.25, -0.2) is 9.78 Å². The minimum atomic E-state index is -0.510. The van der Waals surface area contributed by atoms with Crippen molar-refractivity contribution in [2.45, 2.75) is 38.8 Å². The van der Waals surface area contributed by atoms with Crippen LogP contribution in [0.5, 0.6) is 0 Å². The Balaban J connectivity index is 1.65. The van der Waals surface area contributed by atoms with Crippen LogP contribution in [0.4, 0.5) is 16.6 Å². The molecule has 2 aromatic rings. The second kappa shape index (κ2) is 8.29. The first-order valence-corrected chi connectivity index (χ1v) is 9.41. The van der Waals surface area contributed by atoms with E-state index < -0.39 is 11.7 Å². The molecule has 3 rings (SSSR count). The number of nitrogens with one attached hydrogen (secondary N) is 1. The second-order valence-corrected chi connectivity index (χ2v) is 7.83. The minimum absolute atomic E-state index is 0.00866. The molecule has 1 amide bonds. The van der Waals surface area contributed by atoms with E-state index in [1.165, 1.54) is 0 Å². The van der Waals surface area contributed by atoms with Crippen LogP contribution in [0, 0.1) is 0 Å². The van der Waals surface area contributed by atoms with Crippen LogP contribution in [-0.4, -0.2) is 40.8 Å². The van der Waals surface area contributed by atoms with Gasteiger partial charge >= 0.3 is 6.09 Å². The zero-order valence-corrected chi connectivity index (χ0v) is 16.6. The number of nitrogen functional groups attached to an aromatic ring is 1. The van der Waals surface area contributed by atoms with Crippen LogP contribution in [0.3, 0.4) is 0 Å². The average molecular weight is 381 g/mol. The Hall–Kier alpha value is -3.09. The van der Waals surface area contributed by atoms with Crippen molar-refractivity contribution in [1.29, 1.82) is 0 Å². The van der Waals surface area contributed by atoms with Gasteiger partial charge in [-0.05, 0) is 38.8 Å². The molecular weight excluding hydrogens is 354 g/mol. The molecule has 0 aliphatic carbocycles. The zero-order valence-electron chi connectivity index (χ0n) is 16.6. The Bertz CT molecular complexity index is 846.